The molecule has 1 aromatic rings. The van der Waals surface area contributed by atoms with E-state index in [4.69, 9.17) is 4.74 Å². The summed E-state index contributed by atoms with van der Waals surface area (Å²) in [5.74, 6) is 0. The van der Waals surface area contributed by atoms with Gasteiger partial charge in [-0.05, 0) is 12.1 Å². The van der Waals surface area contributed by atoms with Gasteiger partial charge in [0.1, 0.15) is 0 Å². The van der Waals surface area contributed by atoms with Crippen molar-refractivity contribution in [3.05, 3.63) is 30.3 Å². The third kappa shape index (κ3) is 2.44. The first kappa shape index (κ1) is 8.53. The second kappa shape index (κ2) is 4.25. The average Bonchev–Trinajstić information content (AvgIpc) is 2.21. The van der Waals surface area contributed by atoms with Crippen LogP contribution in [-0.4, -0.2) is 31.3 Å². The van der Waals surface area contributed by atoms with Crippen LogP contribution in [0.3, 0.4) is 0 Å². The maximum Gasteiger partial charge on any atom is 0.0612 e. The van der Waals surface area contributed by atoms with Gasteiger partial charge in [-0.25, -0.2) is 5.01 Å². The molecule has 1 aliphatic heterocycles. The Labute approximate surface area is 78.3 Å². The van der Waals surface area contributed by atoms with E-state index in [1.807, 2.05) is 18.2 Å². The number of morpholine rings is 1. The van der Waals surface area contributed by atoms with Crippen LogP contribution >= 0.6 is 0 Å². The lowest BCUT2D eigenvalue weighted by atomic mass is 10.3. The van der Waals surface area contributed by atoms with Crippen LogP contribution in [0.5, 0.6) is 0 Å². The lowest BCUT2D eigenvalue weighted by Gasteiger charge is -2.27. The summed E-state index contributed by atoms with van der Waals surface area (Å²) < 4.78 is 5.26. The molecule has 0 amide bonds. The quantitative estimate of drug-likeness (QED) is 0.739. The molecule has 0 radical (unpaired) electrons. The first-order valence-electron chi connectivity index (χ1n) is 4.59. The molecule has 1 N–H and O–H groups in total. The van der Waals surface area contributed by atoms with Crippen molar-refractivity contribution in [2.75, 3.05) is 31.7 Å². The molecule has 0 unspecified atom stereocenters. The molecule has 1 aromatic carbocycles. The standard InChI is InChI=1S/C10H14N2O/c1-2-4-10(5-3-1)11-12-6-8-13-9-7-12/h1-5,11H,6-9H2. The van der Waals surface area contributed by atoms with E-state index in [2.05, 4.69) is 22.6 Å². The summed E-state index contributed by atoms with van der Waals surface area (Å²) in [6, 6.07) is 10.2. The molecule has 0 aliphatic carbocycles. The third-order valence-corrected chi connectivity index (χ3v) is 2.07. The van der Waals surface area contributed by atoms with E-state index in [1.165, 1.54) is 0 Å². The van der Waals surface area contributed by atoms with Crippen molar-refractivity contribution in [1.82, 2.24) is 5.01 Å². The van der Waals surface area contributed by atoms with E-state index < -0.39 is 0 Å². The van der Waals surface area contributed by atoms with Gasteiger partial charge in [-0.15, -0.1) is 0 Å². The Balaban J connectivity index is 1.90. The number of rotatable bonds is 2. The molecule has 0 saturated carbocycles. The molecule has 0 bridgehead atoms. The smallest absolute Gasteiger partial charge is 0.0612 e. The maximum absolute atomic E-state index is 5.26. The number of benzene rings is 1. The first-order valence-corrected chi connectivity index (χ1v) is 4.59. The fourth-order valence-electron chi connectivity index (χ4n) is 1.37. The number of hydrazine groups is 1. The van der Waals surface area contributed by atoms with Gasteiger partial charge in [0.15, 0.2) is 0 Å². The van der Waals surface area contributed by atoms with E-state index in [1.54, 1.807) is 0 Å². The summed E-state index contributed by atoms with van der Waals surface area (Å²) in [7, 11) is 0. The minimum atomic E-state index is 0.819. The molecule has 0 atom stereocenters. The van der Waals surface area contributed by atoms with Crippen LogP contribution in [0.25, 0.3) is 0 Å². The van der Waals surface area contributed by atoms with Gasteiger partial charge < -0.3 is 10.2 Å². The van der Waals surface area contributed by atoms with E-state index in [0.717, 1.165) is 32.0 Å². The normalized spacial score (nSPS) is 18.5. The summed E-state index contributed by atoms with van der Waals surface area (Å²) >= 11 is 0. The lowest BCUT2D eigenvalue weighted by Crippen LogP contribution is -2.40. The fraction of sp³-hybridized carbons (Fsp3) is 0.400. The van der Waals surface area contributed by atoms with E-state index in [0.29, 0.717) is 0 Å². The summed E-state index contributed by atoms with van der Waals surface area (Å²) in [6.45, 7) is 3.55. The highest BCUT2D eigenvalue weighted by Gasteiger charge is 2.08. The zero-order valence-electron chi connectivity index (χ0n) is 7.57. The number of nitrogens with one attached hydrogen (secondary N) is 1. The maximum atomic E-state index is 5.26. The third-order valence-electron chi connectivity index (χ3n) is 2.07. The Morgan fingerprint density at radius 1 is 1.08 bits per heavy atom. The van der Waals surface area contributed by atoms with Crippen molar-refractivity contribution in [3.63, 3.8) is 0 Å². The zero-order valence-corrected chi connectivity index (χ0v) is 7.57. The number of nitrogens with zero attached hydrogens (tertiary/aromatic N) is 1. The van der Waals surface area contributed by atoms with Crippen molar-refractivity contribution in [3.8, 4) is 0 Å². The highest BCUT2D eigenvalue weighted by Crippen LogP contribution is 2.07. The number of ether oxygens (including phenoxy) is 1. The first-order chi connectivity index (χ1) is 6.45. The molecule has 3 nitrogen and oxygen atoms in total. The molecule has 3 heteroatoms. The van der Waals surface area contributed by atoms with Gasteiger partial charge >= 0.3 is 0 Å². The molecular formula is C10H14N2O. The predicted octanol–water partition coefficient (Wildman–Crippen LogP) is 1.35. The van der Waals surface area contributed by atoms with Crippen molar-refractivity contribution < 1.29 is 4.74 Å². The van der Waals surface area contributed by atoms with Crippen LogP contribution in [0.15, 0.2) is 30.3 Å². The molecular weight excluding hydrogens is 164 g/mol. The number of para-hydroxylation sites is 1. The number of anilines is 1. The van der Waals surface area contributed by atoms with Crippen molar-refractivity contribution in [1.29, 1.82) is 0 Å². The molecule has 1 saturated heterocycles. The molecule has 1 fully saturated rings. The second-order valence-electron chi connectivity index (χ2n) is 3.08. The Kier molecular flexibility index (Phi) is 2.79. The summed E-state index contributed by atoms with van der Waals surface area (Å²) in [6.07, 6.45) is 0. The second-order valence-corrected chi connectivity index (χ2v) is 3.08. The topological polar surface area (TPSA) is 24.5 Å². The van der Waals surface area contributed by atoms with E-state index in [9.17, 15) is 0 Å². The van der Waals surface area contributed by atoms with Crippen LogP contribution in [0, 0.1) is 0 Å². The SMILES string of the molecule is c1ccc(NN2CCOCC2)cc1. The molecule has 0 spiro atoms. The summed E-state index contributed by atoms with van der Waals surface area (Å²) in [5, 5.41) is 2.18. The Bertz CT molecular complexity index is 244. The van der Waals surface area contributed by atoms with E-state index >= 15 is 0 Å². The van der Waals surface area contributed by atoms with Gasteiger partial charge in [-0.1, -0.05) is 18.2 Å². The van der Waals surface area contributed by atoms with Crippen molar-refractivity contribution in [2.45, 2.75) is 0 Å². The zero-order chi connectivity index (χ0) is 8.93. The largest absolute Gasteiger partial charge is 0.379 e. The number of hydrogen-bond donors (Lipinski definition) is 1. The van der Waals surface area contributed by atoms with Gasteiger partial charge in [0.25, 0.3) is 0 Å². The molecule has 2 rings (SSSR count). The highest BCUT2D eigenvalue weighted by molar-refractivity contribution is 5.41. The molecule has 0 aromatic heterocycles. The minimum Gasteiger partial charge on any atom is -0.379 e. The Hall–Kier alpha value is -1.06. The minimum absolute atomic E-state index is 0.819. The Morgan fingerprint density at radius 2 is 1.77 bits per heavy atom. The monoisotopic (exact) mass is 178 g/mol. The van der Waals surface area contributed by atoms with Gasteiger partial charge in [0, 0.05) is 18.8 Å². The molecule has 70 valence electrons. The van der Waals surface area contributed by atoms with Crippen LogP contribution in [0.1, 0.15) is 0 Å². The molecule has 1 aliphatic rings. The molecule has 13 heavy (non-hydrogen) atoms. The van der Waals surface area contributed by atoms with Crippen LogP contribution in [0.2, 0.25) is 0 Å². The predicted molar refractivity (Wildman–Crippen MR) is 52.5 cm³/mol. The van der Waals surface area contributed by atoms with Gasteiger partial charge in [0.2, 0.25) is 0 Å². The van der Waals surface area contributed by atoms with Gasteiger partial charge in [-0.2, -0.15) is 0 Å². The number of hydrogen-bond acceptors (Lipinski definition) is 3. The van der Waals surface area contributed by atoms with Crippen LogP contribution in [-0.2, 0) is 4.74 Å². The summed E-state index contributed by atoms with van der Waals surface area (Å²) in [4.78, 5) is 0. The van der Waals surface area contributed by atoms with Crippen molar-refractivity contribution in [2.24, 2.45) is 0 Å². The van der Waals surface area contributed by atoms with Crippen LogP contribution < -0.4 is 5.43 Å². The van der Waals surface area contributed by atoms with Crippen LogP contribution in [0.4, 0.5) is 5.69 Å². The fourth-order valence-corrected chi connectivity index (χ4v) is 1.37. The van der Waals surface area contributed by atoms with Crippen molar-refractivity contribution >= 4 is 5.69 Å². The lowest BCUT2D eigenvalue weighted by molar-refractivity contribution is 0.0497. The van der Waals surface area contributed by atoms with Gasteiger partial charge in [0.05, 0.1) is 13.2 Å². The van der Waals surface area contributed by atoms with Gasteiger partial charge in [-0.3, -0.25) is 0 Å². The van der Waals surface area contributed by atoms with E-state index in [-0.39, 0.29) is 0 Å². The highest BCUT2D eigenvalue weighted by atomic mass is 16.5. The Morgan fingerprint density at radius 3 is 2.46 bits per heavy atom. The summed E-state index contributed by atoms with van der Waals surface area (Å²) in [5.41, 5.74) is 4.48. The average molecular weight is 178 g/mol. The molecule has 1 heterocycles.